The molecule has 2 heterocycles. The van der Waals surface area contributed by atoms with Gasteiger partial charge in [0, 0.05) is 56.0 Å². The molecule has 1 fully saturated rings. The van der Waals surface area contributed by atoms with E-state index in [9.17, 15) is 9.59 Å². The minimum Gasteiger partial charge on any atom is -0.408 e. The van der Waals surface area contributed by atoms with E-state index in [0.29, 0.717) is 55.1 Å². The van der Waals surface area contributed by atoms with Crippen LogP contribution in [0.5, 0.6) is 0 Å². The molecule has 7 nitrogen and oxygen atoms in total. The van der Waals surface area contributed by atoms with Crippen molar-refractivity contribution in [2.24, 2.45) is 0 Å². The van der Waals surface area contributed by atoms with Crippen molar-refractivity contribution < 1.29 is 14.0 Å². The summed E-state index contributed by atoms with van der Waals surface area (Å²) in [5.74, 6) is 0.523. The zero-order valence-corrected chi connectivity index (χ0v) is 15.4. The molecule has 1 aliphatic heterocycles. The van der Waals surface area contributed by atoms with Crippen molar-refractivity contribution in [3.05, 3.63) is 40.7 Å². The molecule has 1 amide bonds. The normalized spacial score (nSPS) is 14.5. The second-order valence-corrected chi connectivity index (χ2v) is 6.57. The van der Waals surface area contributed by atoms with E-state index >= 15 is 0 Å². The van der Waals surface area contributed by atoms with Gasteiger partial charge in [-0.25, -0.2) is 0 Å². The average molecular weight is 377 g/mol. The second kappa shape index (κ2) is 8.31. The Kier molecular flexibility index (Phi) is 5.88. The van der Waals surface area contributed by atoms with E-state index in [1.807, 2.05) is 11.8 Å². The maximum atomic E-state index is 12.4. The number of rotatable bonds is 6. The number of anilines is 1. The molecule has 0 bridgehead atoms. The summed E-state index contributed by atoms with van der Waals surface area (Å²) in [7, 11) is 0. The highest BCUT2D eigenvalue weighted by atomic mass is 35.5. The number of aryl methyl sites for hydroxylation is 1. The molecule has 0 aliphatic carbocycles. The molecular weight excluding hydrogens is 356 g/mol. The number of hydrogen-bond donors (Lipinski definition) is 0. The van der Waals surface area contributed by atoms with Gasteiger partial charge in [-0.15, -0.1) is 5.10 Å². The van der Waals surface area contributed by atoms with Crippen LogP contribution in [0.15, 0.2) is 28.7 Å². The minimum absolute atomic E-state index is 0.0141. The second-order valence-electron chi connectivity index (χ2n) is 6.13. The van der Waals surface area contributed by atoms with E-state index in [1.165, 1.54) is 0 Å². The highest BCUT2D eigenvalue weighted by Crippen LogP contribution is 2.17. The van der Waals surface area contributed by atoms with Gasteiger partial charge >= 0.3 is 6.01 Å². The molecule has 0 saturated carbocycles. The number of ketones is 1. The minimum atomic E-state index is -0.0718. The van der Waals surface area contributed by atoms with Crippen molar-refractivity contribution in [2.45, 2.75) is 26.2 Å². The summed E-state index contributed by atoms with van der Waals surface area (Å²) in [5, 5.41) is 8.51. The third-order valence-electron chi connectivity index (χ3n) is 4.37. The lowest BCUT2D eigenvalue weighted by Gasteiger charge is -2.33. The maximum Gasteiger partial charge on any atom is 0.318 e. The number of Topliss-reactive ketones (excluding diaryl/α,β-unsaturated/α-hetero) is 1. The fourth-order valence-electron chi connectivity index (χ4n) is 2.85. The Labute approximate surface area is 156 Å². The fourth-order valence-corrected chi connectivity index (χ4v) is 3.04. The molecule has 1 aromatic heterocycles. The molecule has 0 radical (unpaired) electrons. The summed E-state index contributed by atoms with van der Waals surface area (Å²) in [6, 6.07) is 7.30. The van der Waals surface area contributed by atoms with Gasteiger partial charge in [0.2, 0.25) is 11.8 Å². The van der Waals surface area contributed by atoms with Crippen molar-refractivity contribution in [3.8, 4) is 0 Å². The van der Waals surface area contributed by atoms with Crippen LogP contribution >= 0.6 is 11.6 Å². The molecule has 0 atom stereocenters. The van der Waals surface area contributed by atoms with Crippen molar-refractivity contribution in [1.82, 2.24) is 15.1 Å². The van der Waals surface area contributed by atoms with Crippen LogP contribution < -0.4 is 4.90 Å². The summed E-state index contributed by atoms with van der Waals surface area (Å²) in [4.78, 5) is 28.3. The van der Waals surface area contributed by atoms with Gasteiger partial charge in [0.15, 0.2) is 5.78 Å². The number of amides is 1. The zero-order valence-electron chi connectivity index (χ0n) is 14.7. The molecule has 26 heavy (non-hydrogen) atoms. The van der Waals surface area contributed by atoms with E-state index in [-0.39, 0.29) is 24.5 Å². The Balaban J connectivity index is 1.47. The lowest BCUT2D eigenvalue weighted by Crippen LogP contribution is -2.49. The summed E-state index contributed by atoms with van der Waals surface area (Å²) < 4.78 is 5.55. The van der Waals surface area contributed by atoms with Crippen LogP contribution in [0.2, 0.25) is 5.02 Å². The van der Waals surface area contributed by atoms with E-state index in [1.54, 1.807) is 29.2 Å². The smallest absolute Gasteiger partial charge is 0.318 e. The molecule has 0 spiro atoms. The van der Waals surface area contributed by atoms with Crippen molar-refractivity contribution in [3.63, 3.8) is 0 Å². The third-order valence-corrected chi connectivity index (χ3v) is 4.61. The molecule has 2 aromatic rings. The lowest BCUT2D eigenvalue weighted by atomic mass is 10.1. The Morgan fingerprint density at radius 1 is 1.15 bits per heavy atom. The van der Waals surface area contributed by atoms with Gasteiger partial charge in [0.1, 0.15) is 0 Å². The fraction of sp³-hybridized carbons (Fsp3) is 0.444. The largest absolute Gasteiger partial charge is 0.408 e. The molecule has 3 rings (SSSR count). The summed E-state index contributed by atoms with van der Waals surface area (Å²) >= 11 is 5.90. The van der Waals surface area contributed by atoms with Gasteiger partial charge in [-0.2, -0.15) is 0 Å². The summed E-state index contributed by atoms with van der Waals surface area (Å²) in [6.45, 7) is 4.39. The Hall–Kier alpha value is -2.41. The predicted molar refractivity (Wildman–Crippen MR) is 97.5 cm³/mol. The first kappa shape index (κ1) is 18.4. The number of hydrogen-bond acceptors (Lipinski definition) is 6. The lowest BCUT2D eigenvalue weighted by molar-refractivity contribution is -0.131. The highest BCUT2D eigenvalue weighted by molar-refractivity contribution is 6.31. The highest BCUT2D eigenvalue weighted by Gasteiger charge is 2.24. The number of aromatic nitrogens is 2. The van der Waals surface area contributed by atoms with Crippen LogP contribution in [0.25, 0.3) is 0 Å². The Bertz CT molecular complexity index is 784. The van der Waals surface area contributed by atoms with E-state index in [2.05, 4.69) is 10.2 Å². The van der Waals surface area contributed by atoms with Crippen molar-refractivity contribution >= 4 is 29.3 Å². The molecule has 138 valence electrons. The van der Waals surface area contributed by atoms with Gasteiger partial charge in [0.25, 0.3) is 0 Å². The molecule has 0 N–H and O–H groups in total. The predicted octanol–water partition coefficient (Wildman–Crippen LogP) is 2.60. The monoisotopic (exact) mass is 376 g/mol. The first-order valence-electron chi connectivity index (χ1n) is 8.70. The quantitative estimate of drug-likeness (QED) is 0.721. The zero-order chi connectivity index (χ0) is 18.5. The number of nitrogens with zero attached hydrogens (tertiary/aromatic N) is 4. The molecule has 0 unspecified atom stereocenters. The molecule has 1 aliphatic rings. The number of carbonyl (C=O) groups excluding carboxylic acids is 2. The van der Waals surface area contributed by atoms with Crippen LogP contribution in [0.3, 0.4) is 0 Å². The van der Waals surface area contributed by atoms with Crippen LogP contribution in [-0.2, 0) is 11.2 Å². The summed E-state index contributed by atoms with van der Waals surface area (Å²) in [5.41, 5.74) is 0.540. The van der Waals surface area contributed by atoms with E-state index < -0.39 is 0 Å². The van der Waals surface area contributed by atoms with Crippen molar-refractivity contribution in [1.29, 1.82) is 0 Å². The number of halogens is 1. The van der Waals surface area contributed by atoms with Gasteiger partial charge < -0.3 is 14.2 Å². The molecule has 8 heteroatoms. The molecular formula is C18H21ClN4O3. The standard InChI is InChI=1S/C18H21ClN4O3/c1-2-16-20-21-18(26-16)23-10-8-22(9-11-23)17(25)7-6-15(24)13-4-3-5-14(19)12-13/h3-5,12H,2,6-11H2,1H3. The van der Waals surface area contributed by atoms with Crippen LogP contribution in [0, 0.1) is 0 Å². The average Bonchev–Trinajstić information content (AvgIpc) is 3.15. The first-order valence-corrected chi connectivity index (χ1v) is 9.08. The maximum absolute atomic E-state index is 12.4. The van der Waals surface area contributed by atoms with Gasteiger partial charge in [-0.3, -0.25) is 9.59 Å². The van der Waals surface area contributed by atoms with Crippen LogP contribution in [0.4, 0.5) is 6.01 Å². The van der Waals surface area contributed by atoms with Gasteiger partial charge in [-0.1, -0.05) is 35.8 Å². The number of carbonyl (C=O) groups is 2. The molecule has 1 saturated heterocycles. The Morgan fingerprint density at radius 3 is 2.58 bits per heavy atom. The summed E-state index contributed by atoms with van der Waals surface area (Å²) in [6.07, 6.45) is 1.08. The van der Waals surface area contributed by atoms with Crippen molar-refractivity contribution in [2.75, 3.05) is 31.1 Å². The Morgan fingerprint density at radius 2 is 1.92 bits per heavy atom. The third kappa shape index (κ3) is 4.40. The SMILES string of the molecule is CCc1nnc(N2CCN(C(=O)CCC(=O)c3cccc(Cl)c3)CC2)o1. The first-order chi connectivity index (χ1) is 12.6. The van der Waals surface area contributed by atoms with Gasteiger partial charge in [0.05, 0.1) is 0 Å². The van der Waals surface area contributed by atoms with Crippen LogP contribution in [-0.4, -0.2) is 53.0 Å². The van der Waals surface area contributed by atoms with E-state index in [0.717, 1.165) is 0 Å². The number of piperazine rings is 1. The number of benzene rings is 1. The van der Waals surface area contributed by atoms with Gasteiger partial charge in [-0.05, 0) is 12.1 Å². The topological polar surface area (TPSA) is 79.5 Å². The van der Waals surface area contributed by atoms with Crippen LogP contribution in [0.1, 0.15) is 36.0 Å². The molecule has 1 aromatic carbocycles. The van der Waals surface area contributed by atoms with E-state index in [4.69, 9.17) is 16.0 Å².